The van der Waals surface area contributed by atoms with Crippen molar-refractivity contribution in [3.63, 3.8) is 0 Å². The topological polar surface area (TPSA) is 84.5 Å². The first-order valence-corrected chi connectivity index (χ1v) is 10.8. The molecule has 1 atom stereocenters. The second-order valence-electron chi connectivity index (χ2n) is 6.83. The summed E-state index contributed by atoms with van der Waals surface area (Å²) < 4.78 is 32.5. The lowest BCUT2D eigenvalue weighted by atomic mass is 10.1. The van der Waals surface area contributed by atoms with Crippen molar-refractivity contribution in [2.24, 2.45) is 5.92 Å². The number of hydrogen-bond acceptors (Lipinski definition) is 4. The number of ether oxygens (including phenoxy) is 1. The molecule has 1 amide bonds. The van der Waals surface area contributed by atoms with Gasteiger partial charge in [0.25, 0.3) is 5.91 Å². The molecule has 0 saturated heterocycles. The maximum Gasteiger partial charge on any atom is 0.258 e. The molecule has 0 bridgehead atoms. The monoisotopic (exact) mass is 424 g/mol. The van der Waals surface area contributed by atoms with Gasteiger partial charge in [-0.1, -0.05) is 55.8 Å². The smallest absolute Gasteiger partial charge is 0.258 e. The summed E-state index contributed by atoms with van der Waals surface area (Å²) in [6.07, 6.45) is 0. The molecule has 2 N–H and O–H groups in total. The molecule has 0 radical (unpaired) electrons. The lowest BCUT2D eigenvalue weighted by Crippen LogP contribution is -2.31. The van der Waals surface area contributed by atoms with Gasteiger partial charge in [0, 0.05) is 6.54 Å². The summed E-state index contributed by atoms with van der Waals surface area (Å²) in [5, 5.41) is 2.96. The number of sulfonamides is 1. The summed E-state index contributed by atoms with van der Waals surface area (Å²) in [5.74, 6) is 0.124. The average Bonchev–Trinajstić information content (AvgIpc) is 2.66. The fourth-order valence-corrected chi connectivity index (χ4v) is 3.92. The summed E-state index contributed by atoms with van der Waals surface area (Å²) in [6.45, 7) is 5.81. The fraction of sp³-hybridized carbons (Fsp3) is 0.350. The molecule has 6 nitrogen and oxygen atoms in total. The van der Waals surface area contributed by atoms with E-state index in [4.69, 9.17) is 16.3 Å². The molecule has 28 heavy (non-hydrogen) atoms. The van der Waals surface area contributed by atoms with Gasteiger partial charge in [-0.05, 0) is 36.6 Å². The van der Waals surface area contributed by atoms with E-state index in [1.165, 1.54) is 18.2 Å². The number of carbonyl (C=O) groups is 1. The molecule has 0 saturated carbocycles. The molecule has 0 aliphatic rings. The Hall–Kier alpha value is -2.09. The van der Waals surface area contributed by atoms with E-state index < -0.39 is 10.0 Å². The highest BCUT2D eigenvalue weighted by Gasteiger charge is 2.17. The maximum atomic E-state index is 12.2. The van der Waals surface area contributed by atoms with Crippen LogP contribution in [0.3, 0.4) is 0 Å². The minimum Gasteiger partial charge on any atom is -0.482 e. The zero-order chi connectivity index (χ0) is 20.7. The van der Waals surface area contributed by atoms with E-state index in [2.05, 4.69) is 10.0 Å². The average molecular weight is 425 g/mol. The second-order valence-corrected chi connectivity index (χ2v) is 9.00. The number of nitrogens with one attached hydrogen (secondary N) is 2. The van der Waals surface area contributed by atoms with Gasteiger partial charge in [0.05, 0.1) is 16.0 Å². The molecular weight excluding hydrogens is 400 g/mol. The quantitative estimate of drug-likeness (QED) is 0.644. The van der Waals surface area contributed by atoms with Crippen molar-refractivity contribution in [1.29, 1.82) is 0 Å². The summed E-state index contributed by atoms with van der Waals surface area (Å²) >= 11 is 6.13. The standard InChI is InChI=1S/C20H25ClN2O4S/c1-14(2)12-22-28(25,26)17-9-10-19(18(21)11-17)27-13-20(24)23-15(3)16-7-5-4-6-8-16/h4-11,14-15,22H,12-13H2,1-3H3,(H,23,24)/t15-/m1/s1. The third-order valence-corrected chi connectivity index (χ3v) is 5.65. The number of carbonyl (C=O) groups excluding carboxylic acids is 1. The first kappa shape index (κ1) is 22.2. The minimum absolute atomic E-state index is 0.0488. The number of hydrogen-bond donors (Lipinski definition) is 2. The van der Waals surface area contributed by atoms with Crippen LogP contribution in [-0.4, -0.2) is 27.5 Å². The normalized spacial score (nSPS) is 12.6. The Morgan fingerprint density at radius 1 is 1.11 bits per heavy atom. The molecular formula is C20H25ClN2O4S. The van der Waals surface area contributed by atoms with E-state index in [0.717, 1.165) is 5.56 Å². The largest absolute Gasteiger partial charge is 0.482 e. The molecule has 0 aliphatic carbocycles. The van der Waals surface area contributed by atoms with Crippen molar-refractivity contribution in [2.75, 3.05) is 13.2 Å². The predicted molar refractivity (Wildman–Crippen MR) is 110 cm³/mol. The van der Waals surface area contributed by atoms with Crippen molar-refractivity contribution < 1.29 is 17.9 Å². The van der Waals surface area contributed by atoms with Crippen molar-refractivity contribution in [3.05, 3.63) is 59.1 Å². The molecule has 0 heterocycles. The van der Waals surface area contributed by atoms with Gasteiger partial charge in [-0.15, -0.1) is 0 Å². The van der Waals surface area contributed by atoms with Crippen molar-refractivity contribution in [1.82, 2.24) is 10.0 Å². The lowest BCUT2D eigenvalue weighted by Gasteiger charge is -2.15. The molecule has 0 aromatic heterocycles. The van der Waals surface area contributed by atoms with E-state index in [0.29, 0.717) is 6.54 Å². The van der Waals surface area contributed by atoms with Gasteiger partial charge in [-0.25, -0.2) is 13.1 Å². The van der Waals surface area contributed by atoms with Gasteiger partial charge in [0.2, 0.25) is 10.0 Å². The Morgan fingerprint density at radius 3 is 2.39 bits per heavy atom. The van der Waals surface area contributed by atoms with Crippen LogP contribution in [0.1, 0.15) is 32.4 Å². The number of rotatable bonds is 9. The van der Waals surface area contributed by atoms with Crippen LogP contribution in [-0.2, 0) is 14.8 Å². The number of halogens is 1. The molecule has 0 spiro atoms. The third-order valence-electron chi connectivity index (χ3n) is 3.93. The zero-order valence-corrected chi connectivity index (χ0v) is 17.7. The van der Waals surface area contributed by atoms with Gasteiger partial charge in [-0.3, -0.25) is 4.79 Å². The summed E-state index contributed by atoms with van der Waals surface area (Å²) in [6, 6.07) is 13.6. The highest BCUT2D eigenvalue weighted by molar-refractivity contribution is 7.89. The highest BCUT2D eigenvalue weighted by Crippen LogP contribution is 2.27. The van der Waals surface area contributed by atoms with Gasteiger partial charge in [0.1, 0.15) is 5.75 Å². The number of amides is 1. The van der Waals surface area contributed by atoms with Crippen LogP contribution in [0.25, 0.3) is 0 Å². The van der Waals surface area contributed by atoms with Crippen molar-refractivity contribution in [3.8, 4) is 5.75 Å². The van der Waals surface area contributed by atoms with Gasteiger partial charge >= 0.3 is 0 Å². The Labute approximate surface area is 171 Å². The first-order valence-electron chi connectivity index (χ1n) is 8.95. The molecule has 152 valence electrons. The van der Waals surface area contributed by atoms with Gasteiger partial charge < -0.3 is 10.1 Å². The third kappa shape index (κ3) is 6.51. The van der Waals surface area contributed by atoms with Gasteiger partial charge in [0.15, 0.2) is 6.61 Å². The van der Waals surface area contributed by atoms with E-state index in [1.54, 1.807) is 0 Å². The summed E-state index contributed by atoms with van der Waals surface area (Å²) in [7, 11) is -3.64. The Balaban J connectivity index is 1.95. The second kappa shape index (κ2) is 9.91. The SMILES string of the molecule is CC(C)CNS(=O)(=O)c1ccc(OCC(=O)N[C@H](C)c2ccccc2)c(Cl)c1. The van der Waals surface area contributed by atoms with Crippen LogP contribution >= 0.6 is 11.6 Å². The van der Waals surface area contributed by atoms with Crippen LogP contribution in [0, 0.1) is 5.92 Å². The number of benzene rings is 2. The van der Waals surface area contributed by atoms with Crippen LogP contribution < -0.4 is 14.8 Å². The molecule has 0 unspecified atom stereocenters. The van der Waals surface area contributed by atoms with Crippen LogP contribution in [0.15, 0.2) is 53.4 Å². The fourth-order valence-electron chi connectivity index (χ4n) is 2.38. The van der Waals surface area contributed by atoms with Gasteiger partial charge in [-0.2, -0.15) is 0 Å². The molecule has 0 fully saturated rings. The molecule has 0 aliphatic heterocycles. The van der Waals surface area contributed by atoms with E-state index in [-0.39, 0.29) is 40.1 Å². The Morgan fingerprint density at radius 2 is 1.79 bits per heavy atom. The first-order chi connectivity index (χ1) is 13.2. The maximum absolute atomic E-state index is 12.2. The molecule has 2 aromatic carbocycles. The van der Waals surface area contributed by atoms with E-state index >= 15 is 0 Å². The predicted octanol–water partition coefficient (Wildman–Crippen LogP) is 3.53. The highest BCUT2D eigenvalue weighted by atomic mass is 35.5. The van der Waals surface area contributed by atoms with Crippen molar-refractivity contribution >= 4 is 27.5 Å². The summed E-state index contributed by atoms with van der Waals surface area (Å²) in [5.41, 5.74) is 0.984. The lowest BCUT2D eigenvalue weighted by molar-refractivity contribution is -0.123. The van der Waals surface area contributed by atoms with E-state index in [9.17, 15) is 13.2 Å². The zero-order valence-electron chi connectivity index (χ0n) is 16.1. The Bertz CT molecular complexity index is 902. The molecule has 8 heteroatoms. The summed E-state index contributed by atoms with van der Waals surface area (Å²) in [4.78, 5) is 12.2. The minimum atomic E-state index is -3.64. The molecule has 2 aromatic rings. The Kier molecular flexibility index (Phi) is 7.86. The van der Waals surface area contributed by atoms with E-state index in [1.807, 2.05) is 51.1 Å². The van der Waals surface area contributed by atoms with Crippen LogP contribution in [0.4, 0.5) is 0 Å². The van der Waals surface area contributed by atoms with Crippen molar-refractivity contribution in [2.45, 2.75) is 31.7 Å². The van der Waals surface area contributed by atoms with Crippen LogP contribution in [0.5, 0.6) is 5.75 Å². The molecule has 2 rings (SSSR count). The van der Waals surface area contributed by atoms with Crippen LogP contribution in [0.2, 0.25) is 5.02 Å².